The third kappa shape index (κ3) is 5.89. The zero-order chi connectivity index (χ0) is 26.5. The molecular weight excluding hydrogens is 492 g/mol. The number of halogens is 4. The van der Waals surface area contributed by atoms with Gasteiger partial charge in [0.1, 0.15) is 28.9 Å². The second-order valence-corrected chi connectivity index (χ2v) is 7.46. The Balaban J connectivity index is 0.000000301. The van der Waals surface area contributed by atoms with Crippen LogP contribution in [0.3, 0.4) is 0 Å². The molecule has 0 unspecified atom stereocenters. The number of fused-ring (bicyclic) bond motifs is 1. The fraction of sp³-hybridized carbons (Fsp3) is 0.125. The smallest absolute Gasteiger partial charge is 0.387 e. The van der Waals surface area contributed by atoms with Gasteiger partial charge in [0, 0.05) is 18.1 Å². The van der Waals surface area contributed by atoms with Gasteiger partial charge in [-0.25, -0.2) is 19.3 Å². The van der Waals surface area contributed by atoms with Crippen LogP contribution in [0.1, 0.15) is 12.7 Å². The maximum absolute atomic E-state index is 14.4. The molecule has 0 aliphatic heterocycles. The van der Waals surface area contributed by atoms with Crippen molar-refractivity contribution in [1.29, 1.82) is 0 Å². The molecule has 0 saturated carbocycles. The van der Waals surface area contributed by atoms with E-state index in [0.717, 1.165) is 23.1 Å². The van der Waals surface area contributed by atoms with E-state index in [1.54, 1.807) is 4.57 Å². The summed E-state index contributed by atoms with van der Waals surface area (Å²) < 4.78 is 57.2. The Kier molecular flexibility index (Phi) is 7.41. The lowest BCUT2D eigenvalue weighted by molar-refractivity contribution is -0.0498. The minimum Gasteiger partial charge on any atom is -0.435 e. The van der Waals surface area contributed by atoms with Gasteiger partial charge in [-0.3, -0.25) is 4.57 Å². The molecule has 0 aliphatic rings. The Labute approximate surface area is 207 Å². The Morgan fingerprint density at radius 1 is 0.919 bits per heavy atom. The molecule has 13 heteroatoms. The molecule has 5 rings (SSSR count). The van der Waals surface area contributed by atoms with Crippen molar-refractivity contribution in [2.24, 2.45) is 0 Å². The van der Waals surface area contributed by atoms with Crippen LogP contribution in [0.5, 0.6) is 5.75 Å². The lowest BCUT2D eigenvalue weighted by atomic mass is 10.1. The predicted molar refractivity (Wildman–Crippen MR) is 129 cm³/mol. The maximum Gasteiger partial charge on any atom is 0.387 e. The summed E-state index contributed by atoms with van der Waals surface area (Å²) in [5.41, 5.74) is 12.3. The van der Waals surface area contributed by atoms with E-state index in [2.05, 4.69) is 29.7 Å². The van der Waals surface area contributed by atoms with Gasteiger partial charge in [0.25, 0.3) is 0 Å². The van der Waals surface area contributed by atoms with Gasteiger partial charge in [0.15, 0.2) is 5.82 Å². The Bertz CT molecular complexity index is 1480. The summed E-state index contributed by atoms with van der Waals surface area (Å²) in [5.74, 6) is 0.491. The molecule has 0 saturated heterocycles. The van der Waals surface area contributed by atoms with Crippen LogP contribution in [0.15, 0.2) is 60.8 Å². The lowest BCUT2D eigenvalue weighted by Gasteiger charge is -2.10. The molecule has 190 valence electrons. The number of benzene rings is 2. The molecule has 0 aliphatic carbocycles. The molecule has 3 aromatic heterocycles. The Morgan fingerprint density at radius 2 is 1.59 bits per heavy atom. The number of ether oxygens (including phenoxy) is 1. The lowest BCUT2D eigenvalue weighted by Crippen LogP contribution is -2.07. The van der Waals surface area contributed by atoms with E-state index in [1.165, 1.54) is 30.3 Å². The standard InChI is InChI=1S/C20H15F3N4O.C4H5FN4/c1-2-17-25-15-5-3-4-6-16(15)27(17)20-24-11-14(21)18(26-20)12-7-9-13(10-8-12)28-19(22)23;5-4-8-2(6)1-3(7)9-4/h3-11,19H,2H2,1H3;1H,(H4,6,7,8,9). The van der Waals surface area contributed by atoms with Crippen LogP contribution in [0.25, 0.3) is 28.2 Å². The first kappa shape index (κ1) is 25.3. The number of nitrogens with two attached hydrogens (primary N) is 2. The van der Waals surface area contributed by atoms with E-state index in [1.807, 2.05) is 31.2 Å². The molecule has 0 radical (unpaired) electrons. The van der Waals surface area contributed by atoms with Crippen LogP contribution in [0.2, 0.25) is 0 Å². The van der Waals surface area contributed by atoms with Gasteiger partial charge in [-0.05, 0) is 36.4 Å². The fourth-order valence-electron chi connectivity index (χ4n) is 3.45. The summed E-state index contributed by atoms with van der Waals surface area (Å²) in [6.45, 7) is -0.959. The largest absolute Gasteiger partial charge is 0.435 e. The molecule has 0 atom stereocenters. The number of aromatic nitrogens is 6. The second-order valence-electron chi connectivity index (χ2n) is 7.46. The number of alkyl halides is 2. The number of nitrogens with zero attached hydrogens (tertiary/aromatic N) is 6. The number of imidazole rings is 1. The third-order valence-corrected chi connectivity index (χ3v) is 4.97. The molecule has 37 heavy (non-hydrogen) atoms. The van der Waals surface area contributed by atoms with Gasteiger partial charge in [0.05, 0.1) is 17.2 Å². The molecule has 5 aromatic rings. The van der Waals surface area contributed by atoms with Gasteiger partial charge in [0.2, 0.25) is 5.95 Å². The van der Waals surface area contributed by atoms with E-state index in [4.69, 9.17) is 11.5 Å². The van der Waals surface area contributed by atoms with Crippen LogP contribution < -0.4 is 16.2 Å². The highest BCUT2D eigenvalue weighted by atomic mass is 19.3. The average Bonchev–Trinajstić information content (AvgIpc) is 3.23. The fourth-order valence-corrected chi connectivity index (χ4v) is 3.45. The summed E-state index contributed by atoms with van der Waals surface area (Å²) in [6, 6.07) is 14.5. The van der Waals surface area contributed by atoms with Crippen LogP contribution in [-0.4, -0.2) is 36.1 Å². The van der Waals surface area contributed by atoms with Crippen LogP contribution in [0.4, 0.5) is 29.2 Å². The highest BCUT2D eigenvalue weighted by Crippen LogP contribution is 2.26. The van der Waals surface area contributed by atoms with Crippen LogP contribution >= 0.6 is 0 Å². The molecule has 2 aromatic carbocycles. The molecule has 0 spiro atoms. The van der Waals surface area contributed by atoms with Crippen molar-refractivity contribution in [1.82, 2.24) is 29.5 Å². The Hall–Kier alpha value is -4.81. The summed E-state index contributed by atoms with van der Waals surface area (Å²) in [7, 11) is 0. The number of rotatable bonds is 5. The number of para-hydroxylation sites is 2. The van der Waals surface area contributed by atoms with Crippen LogP contribution in [-0.2, 0) is 6.42 Å². The topological polar surface area (TPSA) is 131 Å². The molecular formula is C24H20F4N8O. The third-order valence-electron chi connectivity index (χ3n) is 4.97. The number of anilines is 2. The molecule has 3 heterocycles. The summed E-state index contributed by atoms with van der Waals surface area (Å²) in [4.78, 5) is 19.4. The molecule has 4 N–H and O–H groups in total. The zero-order valence-electron chi connectivity index (χ0n) is 19.3. The molecule has 9 nitrogen and oxygen atoms in total. The van der Waals surface area contributed by atoms with Crippen molar-refractivity contribution >= 4 is 22.7 Å². The summed E-state index contributed by atoms with van der Waals surface area (Å²) in [6.07, 6.45) is 0.840. The van der Waals surface area contributed by atoms with Crippen molar-refractivity contribution in [2.75, 3.05) is 11.5 Å². The van der Waals surface area contributed by atoms with E-state index >= 15 is 0 Å². The van der Waals surface area contributed by atoms with E-state index < -0.39 is 18.5 Å². The molecule has 0 fully saturated rings. The highest BCUT2D eigenvalue weighted by molar-refractivity contribution is 5.77. The van der Waals surface area contributed by atoms with E-state index in [0.29, 0.717) is 12.0 Å². The van der Waals surface area contributed by atoms with Crippen molar-refractivity contribution < 1.29 is 22.3 Å². The first-order valence-corrected chi connectivity index (χ1v) is 10.8. The van der Waals surface area contributed by atoms with Gasteiger partial charge in [-0.1, -0.05) is 19.1 Å². The number of hydrogen-bond donors (Lipinski definition) is 2. The molecule has 0 bridgehead atoms. The number of aryl methyl sites for hydroxylation is 1. The van der Waals surface area contributed by atoms with Crippen LogP contribution in [0, 0.1) is 11.9 Å². The van der Waals surface area contributed by atoms with Gasteiger partial charge >= 0.3 is 12.7 Å². The van der Waals surface area contributed by atoms with Gasteiger partial charge < -0.3 is 16.2 Å². The van der Waals surface area contributed by atoms with Gasteiger partial charge in [-0.2, -0.15) is 23.1 Å². The zero-order valence-corrected chi connectivity index (χ0v) is 19.3. The average molecular weight is 512 g/mol. The number of hydrogen-bond acceptors (Lipinski definition) is 8. The predicted octanol–water partition coefficient (Wildman–Crippen LogP) is 4.57. The summed E-state index contributed by atoms with van der Waals surface area (Å²) >= 11 is 0. The van der Waals surface area contributed by atoms with E-state index in [9.17, 15) is 17.6 Å². The van der Waals surface area contributed by atoms with Crippen molar-refractivity contribution in [3.05, 3.63) is 78.5 Å². The first-order chi connectivity index (χ1) is 17.7. The number of nitrogen functional groups attached to an aromatic ring is 2. The monoisotopic (exact) mass is 512 g/mol. The second kappa shape index (κ2) is 10.8. The van der Waals surface area contributed by atoms with Crippen molar-refractivity contribution in [2.45, 2.75) is 20.0 Å². The van der Waals surface area contributed by atoms with Gasteiger partial charge in [-0.15, -0.1) is 0 Å². The van der Waals surface area contributed by atoms with Crippen molar-refractivity contribution in [3.8, 4) is 23.0 Å². The quantitative estimate of drug-likeness (QED) is 0.259. The minimum absolute atomic E-state index is 0.0117. The van der Waals surface area contributed by atoms with E-state index in [-0.39, 0.29) is 29.0 Å². The van der Waals surface area contributed by atoms with Crippen molar-refractivity contribution in [3.63, 3.8) is 0 Å². The summed E-state index contributed by atoms with van der Waals surface area (Å²) in [5, 5.41) is 0. The molecule has 0 amide bonds. The minimum atomic E-state index is -2.92. The Morgan fingerprint density at radius 3 is 2.22 bits per heavy atom. The normalized spacial score (nSPS) is 10.9. The maximum atomic E-state index is 14.4. The first-order valence-electron chi connectivity index (χ1n) is 10.8. The highest BCUT2D eigenvalue weighted by Gasteiger charge is 2.16. The SMILES string of the molecule is CCc1nc2ccccc2n1-c1ncc(F)c(-c2ccc(OC(F)F)cc2)n1.Nc1cc(N)nc(F)n1.